The van der Waals surface area contributed by atoms with Gasteiger partial charge in [0.25, 0.3) is 5.91 Å². The Morgan fingerprint density at radius 2 is 1.77 bits per heavy atom. The molecule has 1 N–H and O–H groups in total. The molecule has 0 bridgehead atoms. The Bertz CT molecular complexity index is 1030. The minimum Gasteiger partial charge on any atom is -0.452 e. The average Bonchev–Trinajstić information content (AvgIpc) is 3.12. The van der Waals surface area contributed by atoms with Crippen molar-refractivity contribution in [2.24, 2.45) is 5.92 Å². The van der Waals surface area contributed by atoms with Gasteiger partial charge in [-0.3, -0.25) is 19.2 Å². The second-order valence-electron chi connectivity index (χ2n) is 7.83. The average molecular weight is 422 g/mol. The summed E-state index contributed by atoms with van der Waals surface area (Å²) in [6, 6.07) is 12.2. The molecule has 1 saturated heterocycles. The van der Waals surface area contributed by atoms with Gasteiger partial charge in [-0.2, -0.15) is 0 Å². The van der Waals surface area contributed by atoms with Crippen LogP contribution in [-0.2, 0) is 19.1 Å². The molecular formula is C24H26N2O5. The van der Waals surface area contributed by atoms with E-state index in [0.717, 1.165) is 16.8 Å². The number of aryl methyl sites for hydroxylation is 1. The predicted octanol–water partition coefficient (Wildman–Crippen LogP) is 3.43. The van der Waals surface area contributed by atoms with Crippen LogP contribution >= 0.6 is 0 Å². The molecule has 7 heteroatoms. The van der Waals surface area contributed by atoms with Crippen LogP contribution in [0.25, 0.3) is 0 Å². The van der Waals surface area contributed by atoms with Crippen molar-refractivity contribution in [3.63, 3.8) is 0 Å². The van der Waals surface area contributed by atoms with Gasteiger partial charge < -0.3 is 15.0 Å². The summed E-state index contributed by atoms with van der Waals surface area (Å²) < 4.78 is 5.33. The van der Waals surface area contributed by atoms with Crippen LogP contribution in [-0.4, -0.2) is 36.2 Å². The Morgan fingerprint density at radius 1 is 1.10 bits per heavy atom. The molecular weight excluding hydrogens is 396 g/mol. The summed E-state index contributed by atoms with van der Waals surface area (Å²) in [6.07, 6.45) is -0.975. The molecule has 0 aliphatic carbocycles. The maximum absolute atomic E-state index is 12.6. The molecule has 2 aromatic rings. The summed E-state index contributed by atoms with van der Waals surface area (Å²) in [4.78, 5) is 50.4. The van der Waals surface area contributed by atoms with Crippen molar-refractivity contribution in [2.45, 2.75) is 40.2 Å². The lowest BCUT2D eigenvalue weighted by atomic mass is 10.1. The first-order valence-electron chi connectivity index (χ1n) is 10.2. The minimum absolute atomic E-state index is 0.0487. The van der Waals surface area contributed by atoms with Crippen LogP contribution < -0.4 is 10.2 Å². The van der Waals surface area contributed by atoms with Crippen molar-refractivity contribution in [2.75, 3.05) is 16.8 Å². The van der Waals surface area contributed by atoms with Gasteiger partial charge in [0.15, 0.2) is 11.9 Å². The number of carbonyl (C=O) groups excluding carboxylic acids is 4. The number of nitrogens with one attached hydrogen (secondary N) is 1. The van der Waals surface area contributed by atoms with E-state index in [-0.39, 0.29) is 24.7 Å². The lowest BCUT2D eigenvalue weighted by Crippen LogP contribution is -2.33. The molecule has 2 amide bonds. The summed E-state index contributed by atoms with van der Waals surface area (Å²) in [7, 11) is 0. The van der Waals surface area contributed by atoms with Crippen LogP contribution in [0.15, 0.2) is 42.5 Å². The normalized spacial score (nSPS) is 16.7. The number of benzene rings is 2. The Morgan fingerprint density at radius 3 is 2.42 bits per heavy atom. The second-order valence-corrected chi connectivity index (χ2v) is 7.83. The van der Waals surface area contributed by atoms with Gasteiger partial charge >= 0.3 is 5.97 Å². The van der Waals surface area contributed by atoms with Crippen molar-refractivity contribution in [3.05, 3.63) is 59.2 Å². The van der Waals surface area contributed by atoms with Crippen LogP contribution in [0.4, 0.5) is 11.4 Å². The third-order valence-electron chi connectivity index (χ3n) is 5.55. The number of rotatable bonds is 6. The van der Waals surface area contributed by atoms with Gasteiger partial charge in [-0.15, -0.1) is 0 Å². The number of Topliss-reactive ketones (excluding diaryl/α,β-unsaturated/α-hetero) is 1. The summed E-state index contributed by atoms with van der Waals surface area (Å²) in [5.74, 6) is -1.90. The van der Waals surface area contributed by atoms with Crippen LogP contribution in [0, 0.1) is 19.8 Å². The minimum atomic E-state index is -1.02. The van der Waals surface area contributed by atoms with E-state index in [1.807, 2.05) is 32.0 Å². The Balaban J connectivity index is 1.59. The SMILES string of the molecule is CC(=O)c1ccc(NC(=O)[C@H](C)OC(=O)[C@@H]2CC(=O)N(c3cccc(C)c3C)C2)cc1. The number of anilines is 2. The van der Waals surface area contributed by atoms with Crippen LogP contribution in [0.2, 0.25) is 0 Å². The highest BCUT2D eigenvalue weighted by molar-refractivity contribution is 6.01. The zero-order valence-electron chi connectivity index (χ0n) is 18.1. The lowest BCUT2D eigenvalue weighted by molar-refractivity contribution is -0.157. The molecule has 0 unspecified atom stereocenters. The molecule has 0 spiro atoms. The fraction of sp³-hybridized carbons (Fsp3) is 0.333. The smallest absolute Gasteiger partial charge is 0.312 e. The monoisotopic (exact) mass is 422 g/mol. The largest absolute Gasteiger partial charge is 0.452 e. The molecule has 7 nitrogen and oxygen atoms in total. The fourth-order valence-electron chi connectivity index (χ4n) is 3.48. The second kappa shape index (κ2) is 9.12. The zero-order chi connectivity index (χ0) is 22.7. The first-order valence-corrected chi connectivity index (χ1v) is 10.2. The van der Waals surface area contributed by atoms with E-state index in [4.69, 9.17) is 4.74 Å². The molecule has 2 aromatic carbocycles. The first kappa shape index (κ1) is 22.2. The van der Waals surface area contributed by atoms with Gasteiger partial charge in [0.05, 0.1) is 5.92 Å². The van der Waals surface area contributed by atoms with Crippen LogP contribution in [0.5, 0.6) is 0 Å². The topological polar surface area (TPSA) is 92.8 Å². The molecule has 3 rings (SSSR count). The van der Waals surface area contributed by atoms with E-state index in [1.165, 1.54) is 13.8 Å². The van der Waals surface area contributed by atoms with Crippen LogP contribution in [0.3, 0.4) is 0 Å². The molecule has 0 aromatic heterocycles. The van der Waals surface area contributed by atoms with Gasteiger partial charge in [-0.1, -0.05) is 12.1 Å². The van der Waals surface area contributed by atoms with E-state index in [1.54, 1.807) is 29.2 Å². The number of hydrogen-bond acceptors (Lipinski definition) is 5. The number of nitrogens with zero attached hydrogens (tertiary/aromatic N) is 1. The van der Waals surface area contributed by atoms with Crippen molar-refractivity contribution in [1.82, 2.24) is 0 Å². The van der Waals surface area contributed by atoms with Gasteiger partial charge in [-0.05, 0) is 69.2 Å². The Hall–Kier alpha value is -3.48. The van der Waals surface area contributed by atoms with Crippen molar-refractivity contribution in [3.8, 4) is 0 Å². The maximum Gasteiger partial charge on any atom is 0.312 e. The fourth-order valence-corrected chi connectivity index (χ4v) is 3.48. The third kappa shape index (κ3) is 4.99. The summed E-state index contributed by atoms with van der Waals surface area (Å²) in [5, 5.41) is 2.66. The summed E-state index contributed by atoms with van der Waals surface area (Å²) >= 11 is 0. The summed E-state index contributed by atoms with van der Waals surface area (Å²) in [5.41, 5.74) is 3.89. The number of ether oxygens (including phenoxy) is 1. The zero-order valence-corrected chi connectivity index (χ0v) is 18.1. The van der Waals surface area contributed by atoms with E-state index in [0.29, 0.717) is 11.3 Å². The first-order chi connectivity index (χ1) is 14.7. The van der Waals surface area contributed by atoms with E-state index >= 15 is 0 Å². The number of esters is 1. The number of amides is 2. The molecule has 1 aliphatic rings. The lowest BCUT2D eigenvalue weighted by Gasteiger charge is -2.20. The molecule has 2 atom stereocenters. The molecule has 1 heterocycles. The summed E-state index contributed by atoms with van der Waals surface area (Å²) in [6.45, 7) is 7.08. The third-order valence-corrected chi connectivity index (χ3v) is 5.55. The molecule has 162 valence electrons. The highest BCUT2D eigenvalue weighted by atomic mass is 16.5. The quantitative estimate of drug-likeness (QED) is 0.569. The van der Waals surface area contributed by atoms with Gasteiger partial charge in [0.2, 0.25) is 5.91 Å². The molecule has 1 aliphatic heterocycles. The number of hydrogen-bond donors (Lipinski definition) is 1. The number of carbonyl (C=O) groups is 4. The van der Waals surface area contributed by atoms with Crippen LogP contribution in [0.1, 0.15) is 41.8 Å². The van der Waals surface area contributed by atoms with E-state index in [9.17, 15) is 19.2 Å². The van der Waals surface area contributed by atoms with Gasteiger partial charge in [0.1, 0.15) is 0 Å². The van der Waals surface area contributed by atoms with Crippen molar-refractivity contribution >= 4 is 34.9 Å². The Kier molecular flexibility index (Phi) is 6.53. The highest BCUT2D eigenvalue weighted by Crippen LogP contribution is 2.30. The standard InChI is InChI=1S/C24H26N2O5/c1-14-6-5-7-21(15(14)2)26-13-19(12-22(26)28)24(30)31-17(4)23(29)25-20-10-8-18(9-11-20)16(3)27/h5-11,17,19H,12-13H2,1-4H3,(H,25,29)/t17-,19+/m0/s1. The molecule has 1 fully saturated rings. The predicted molar refractivity (Wildman–Crippen MR) is 117 cm³/mol. The molecule has 31 heavy (non-hydrogen) atoms. The highest BCUT2D eigenvalue weighted by Gasteiger charge is 2.37. The molecule has 0 saturated carbocycles. The Labute approximate surface area is 181 Å². The van der Waals surface area contributed by atoms with E-state index in [2.05, 4.69) is 5.32 Å². The van der Waals surface area contributed by atoms with Crippen molar-refractivity contribution in [1.29, 1.82) is 0 Å². The van der Waals surface area contributed by atoms with Gasteiger partial charge in [-0.25, -0.2) is 0 Å². The maximum atomic E-state index is 12.6. The molecule has 0 radical (unpaired) electrons. The van der Waals surface area contributed by atoms with Gasteiger partial charge in [0, 0.05) is 29.9 Å². The van der Waals surface area contributed by atoms with Crippen molar-refractivity contribution < 1.29 is 23.9 Å². The number of ketones is 1. The van der Waals surface area contributed by atoms with E-state index < -0.39 is 23.9 Å².